The monoisotopic (exact) mass is 437 g/mol. The van der Waals surface area contributed by atoms with Crippen LogP contribution in [0.5, 0.6) is 0 Å². The smallest absolute Gasteiger partial charge is 0.148 e. The fourth-order valence-corrected chi connectivity index (χ4v) is 3.73. The van der Waals surface area contributed by atoms with Crippen LogP contribution in [0.1, 0.15) is 29.3 Å². The first kappa shape index (κ1) is 21.3. The molecule has 0 saturated carbocycles. The van der Waals surface area contributed by atoms with Gasteiger partial charge in [-0.1, -0.05) is 23.7 Å². The maximum Gasteiger partial charge on any atom is 0.148 e. The van der Waals surface area contributed by atoms with Crippen molar-refractivity contribution in [1.29, 1.82) is 0 Å². The molecule has 3 aromatic rings. The van der Waals surface area contributed by atoms with Gasteiger partial charge in [0.2, 0.25) is 0 Å². The number of aryl methyl sites for hydroxylation is 1. The Bertz CT molecular complexity index is 1080. The SMILES string of the molecule is CN(C)CCCc1ccc2c(c1)C(Nc1ccc(F)c(Cl)c1)=NC(c1cccnc1)N2. The number of halogens is 2. The lowest BCUT2D eigenvalue weighted by atomic mass is 10.0. The minimum Gasteiger partial charge on any atom is -0.359 e. The van der Waals surface area contributed by atoms with Crippen molar-refractivity contribution in [3.05, 3.63) is 88.5 Å². The van der Waals surface area contributed by atoms with Crippen LogP contribution >= 0.6 is 11.6 Å². The molecule has 0 spiro atoms. The first-order chi connectivity index (χ1) is 15.0. The van der Waals surface area contributed by atoms with Crippen LogP contribution in [0.15, 0.2) is 65.9 Å². The number of pyridine rings is 1. The van der Waals surface area contributed by atoms with Crippen molar-refractivity contribution in [2.75, 3.05) is 31.3 Å². The Morgan fingerprint density at radius 2 is 2.03 bits per heavy atom. The summed E-state index contributed by atoms with van der Waals surface area (Å²) < 4.78 is 13.6. The first-order valence-electron chi connectivity index (χ1n) is 10.2. The molecule has 4 rings (SSSR count). The van der Waals surface area contributed by atoms with E-state index in [1.807, 2.05) is 12.1 Å². The summed E-state index contributed by atoms with van der Waals surface area (Å²) in [5.41, 5.74) is 4.84. The lowest BCUT2D eigenvalue weighted by Gasteiger charge is -2.27. The molecule has 0 amide bonds. The van der Waals surface area contributed by atoms with Gasteiger partial charge >= 0.3 is 0 Å². The van der Waals surface area contributed by atoms with Crippen LogP contribution in [-0.2, 0) is 6.42 Å². The fraction of sp³-hybridized carbons (Fsp3) is 0.250. The van der Waals surface area contributed by atoms with Crippen LogP contribution in [0.4, 0.5) is 15.8 Å². The van der Waals surface area contributed by atoms with Crippen molar-refractivity contribution >= 4 is 28.8 Å². The second-order valence-corrected chi connectivity index (χ2v) is 8.26. The zero-order valence-corrected chi connectivity index (χ0v) is 18.3. The number of hydrogen-bond donors (Lipinski definition) is 2. The number of aromatic nitrogens is 1. The third-order valence-corrected chi connectivity index (χ3v) is 5.43. The van der Waals surface area contributed by atoms with Gasteiger partial charge in [0.25, 0.3) is 0 Å². The predicted octanol–water partition coefficient (Wildman–Crippen LogP) is 5.35. The van der Waals surface area contributed by atoms with Gasteiger partial charge in [0.05, 0.1) is 5.02 Å². The number of anilines is 2. The average Bonchev–Trinajstić information content (AvgIpc) is 2.77. The van der Waals surface area contributed by atoms with Gasteiger partial charge in [0.1, 0.15) is 17.8 Å². The average molecular weight is 438 g/mol. The molecule has 0 saturated heterocycles. The molecule has 160 valence electrons. The second-order valence-electron chi connectivity index (χ2n) is 7.85. The van der Waals surface area contributed by atoms with Crippen molar-refractivity contribution in [1.82, 2.24) is 9.88 Å². The summed E-state index contributed by atoms with van der Waals surface area (Å²) in [6, 6.07) is 14.9. The van der Waals surface area contributed by atoms with E-state index in [0.29, 0.717) is 11.5 Å². The summed E-state index contributed by atoms with van der Waals surface area (Å²) in [7, 11) is 4.16. The Morgan fingerprint density at radius 3 is 2.77 bits per heavy atom. The lowest BCUT2D eigenvalue weighted by Crippen LogP contribution is -2.25. The Labute approximate surface area is 187 Å². The molecule has 5 nitrogen and oxygen atoms in total. The molecule has 1 aliphatic heterocycles. The van der Waals surface area contributed by atoms with Gasteiger partial charge in [-0.25, -0.2) is 9.38 Å². The minimum atomic E-state index is -0.448. The Morgan fingerprint density at radius 1 is 1.16 bits per heavy atom. The van der Waals surface area contributed by atoms with Gasteiger partial charge in [0.15, 0.2) is 0 Å². The summed E-state index contributed by atoms with van der Waals surface area (Å²) >= 11 is 5.98. The number of aliphatic imine (C=N–C) groups is 1. The van der Waals surface area contributed by atoms with Gasteiger partial charge in [-0.2, -0.15) is 0 Å². The maximum atomic E-state index is 13.6. The summed E-state index contributed by atoms with van der Waals surface area (Å²) in [6.07, 6.45) is 5.31. The highest BCUT2D eigenvalue weighted by atomic mass is 35.5. The van der Waals surface area contributed by atoms with E-state index in [0.717, 1.165) is 36.2 Å². The number of fused-ring (bicyclic) bond motifs is 1. The van der Waals surface area contributed by atoms with E-state index in [2.05, 4.69) is 52.8 Å². The number of rotatable bonds is 6. The molecule has 1 unspecified atom stereocenters. The van der Waals surface area contributed by atoms with Gasteiger partial charge in [-0.15, -0.1) is 0 Å². The number of nitrogens with zero attached hydrogens (tertiary/aromatic N) is 3. The predicted molar refractivity (Wildman–Crippen MR) is 125 cm³/mol. The molecule has 0 bridgehead atoms. The van der Waals surface area contributed by atoms with E-state index in [-0.39, 0.29) is 11.2 Å². The van der Waals surface area contributed by atoms with Crippen LogP contribution in [-0.4, -0.2) is 36.4 Å². The molecule has 2 heterocycles. The quantitative estimate of drug-likeness (QED) is 0.545. The molecule has 31 heavy (non-hydrogen) atoms. The van der Waals surface area contributed by atoms with Crippen LogP contribution in [0.3, 0.4) is 0 Å². The van der Waals surface area contributed by atoms with E-state index in [1.54, 1.807) is 24.5 Å². The van der Waals surface area contributed by atoms with Crippen LogP contribution in [0.2, 0.25) is 5.02 Å². The van der Waals surface area contributed by atoms with E-state index >= 15 is 0 Å². The molecular formula is C24H25ClFN5. The molecule has 2 N–H and O–H groups in total. The van der Waals surface area contributed by atoms with Gasteiger partial charge < -0.3 is 15.5 Å². The number of amidine groups is 1. The minimum absolute atomic E-state index is 0.0704. The van der Waals surface area contributed by atoms with E-state index in [4.69, 9.17) is 16.6 Å². The van der Waals surface area contributed by atoms with Gasteiger partial charge in [-0.05, 0) is 75.4 Å². The molecule has 0 fully saturated rings. The highest BCUT2D eigenvalue weighted by Crippen LogP contribution is 2.31. The highest BCUT2D eigenvalue weighted by molar-refractivity contribution is 6.31. The van der Waals surface area contributed by atoms with Crippen molar-refractivity contribution in [2.45, 2.75) is 19.0 Å². The Balaban J connectivity index is 1.67. The van der Waals surface area contributed by atoms with Crippen molar-refractivity contribution in [3.8, 4) is 0 Å². The summed E-state index contributed by atoms with van der Waals surface area (Å²) in [5.74, 6) is 0.260. The van der Waals surface area contributed by atoms with Gasteiger partial charge in [0, 0.05) is 34.9 Å². The summed E-state index contributed by atoms with van der Waals surface area (Å²) in [5, 5.41) is 6.90. The molecule has 1 aromatic heterocycles. The number of hydrogen-bond acceptors (Lipinski definition) is 5. The largest absolute Gasteiger partial charge is 0.359 e. The van der Waals surface area contributed by atoms with Crippen LogP contribution in [0, 0.1) is 5.82 Å². The highest BCUT2D eigenvalue weighted by Gasteiger charge is 2.22. The van der Waals surface area contributed by atoms with E-state index in [9.17, 15) is 4.39 Å². The summed E-state index contributed by atoms with van der Waals surface area (Å²) in [6.45, 7) is 1.03. The van der Waals surface area contributed by atoms with E-state index in [1.165, 1.54) is 11.6 Å². The third kappa shape index (κ3) is 5.21. The van der Waals surface area contributed by atoms with Crippen molar-refractivity contribution in [3.63, 3.8) is 0 Å². The van der Waals surface area contributed by atoms with Gasteiger partial charge in [-0.3, -0.25) is 4.98 Å². The standard InChI is InChI=1S/C24H25ClFN5/c1-31(2)12-4-5-16-7-10-22-19(13-16)24(28-18-8-9-21(26)20(25)14-18)30-23(29-22)17-6-3-11-27-15-17/h3,6-11,13-15,23,29H,4-5,12H2,1-2H3,(H,28,30). The number of benzene rings is 2. The topological polar surface area (TPSA) is 52.5 Å². The molecule has 7 heteroatoms. The zero-order valence-electron chi connectivity index (χ0n) is 17.6. The first-order valence-corrected chi connectivity index (χ1v) is 10.6. The lowest BCUT2D eigenvalue weighted by molar-refractivity contribution is 0.400. The normalized spacial score (nSPS) is 15.3. The number of nitrogens with one attached hydrogen (secondary N) is 2. The third-order valence-electron chi connectivity index (χ3n) is 5.14. The molecular weight excluding hydrogens is 413 g/mol. The molecule has 0 aliphatic carbocycles. The zero-order chi connectivity index (χ0) is 21.8. The van der Waals surface area contributed by atoms with E-state index < -0.39 is 5.82 Å². The molecule has 0 radical (unpaired) electrons. The molecule has 1 aliphatic rings. The maximum absolute atomic E-state index is 13.6. The van der Waals surface area contributed by atoms with Crippen molar-refractivity contribution in [2.24, 2.45) is 4.99 Å². The Kier molecular flexibility index (Phi) is 6.49. The molecule has 2 aromatic carbocycles. The van der Waals surface area contributed by atoms with Crippen molar-refractivity contribution < 1.29 is 4.39 Å². The Hall–Kier alpha value is -2.96. The molecule has 1 atom stereocenters. The second kappa shape index (κ2) is 9.45. The fourth-order valence-electron chi connectivity index (χ4n) is 3.55. The van der Waals surface area contributed by atoms with Crippen LogP contribution < -0.4 is 10.6 Å². The van der Waals surface area contributed by atoms with Crippen LogP contribution in [0.25, 0.3) is 0 Å². The summed E-state index contributed by atoms with van der Waals surface area (Å²) in [4.78, 5) is 11.3.